The molecule has 2 rings (SSSR count). The van der Waals surface area contributed by atoms with Crippen LogP contribution in [0.3, 0.4) is 0 Å². The normalized spacial score (nSPS) is 10.8. The first-order valence-electron chi connectivity index (χ1n) is 6.06. The molecule has 3 nitrogen and oxygen atoms in total. The van der Waals surface area contributed by atoms with E-state index >= 15 is 0 Å². The van der Waals surface area contributed by atoms with Crippen molar-refractivity contribution in [1.29, 1.82) is 0 Å². The van der Waals surface area contributed by atoms with Crippen LogP contribution in [0, 0.1) is 5.82 Å². The molecule has 0 aliphatic rings. The van der Waals surface area contributed by atoms with Crippen molar-refractivity contribution in [3.63, 3.8) is 0 Å². The number of hydrogen-bond donors (Lipinski definition) is 1. The van der Waals surface area contributed by atoms with Crippen molar-refractivity contribution in [2.45, 2.75) is 6.42 Å². The van der Waals surface area contributed by atoms with E-state index in [9.17, 15) is 9.18 Å². The monoisotopic (exact) mass is 368 g/mol. The van der Waals surface area contributed by atoms with Gasteiger partial charge < -0.3 is 0 Å². The predicted molar refractivity (Wildman–Crippen MR) is 85.0 cm³/mol. The number of amides is 1. The molecule has 108 valence electrons. The Labute approximate surface area is 134 Å². The Hall–Kier alpha value is -1.72. The van der Waals surface area contributed by atoms with E-state index in [1.165, 1.54) is 18.3 Å². The Balaban J connectivity index is 1.95. The highest BCUT2D eigenvalue weighted by atomic mass is 79.9. The summed E-state index contributed by atoms with van der Waals surface area (Å²) in [5.74, 6) is -0.783. The Kier molecular flexibility index (Phi) is 5.47. The third-order valence-corrected chi connectivity index (χ3v) is 3.52. The number of rotatable bonds is 4. The molecule has 0 aliphatic heterocycles. The molecule has 6 heteroatoms. The van der Waals surface area contributed by atoms with Gasteiger partial charge in [-0.15, -0.1) is 0 Å². The van der Waals surface area contributed by atoms with Crippen LogP contribution in [0.4, 0.5) is 4.39 Å². The van der Waals surface area contributed by atoms with Gasteiger partial charge in [0.05, 0.1) is 17.7 Å². The summed E-state index contributed by atoms with van der Waals surface area (Å²) in [5.41, 5.74) is 3.34. The van der Waals surface area contributed by atoms with Crippen molar-refractivity contribution in [3.05, 3.63) is 68.9 Å². The summed E-state index contributed by atoms with van der Waals surface area (Å²) >= 11 is 9.16. The third-order valence-electron chi connectivity index (χ3n) is 2.66. The molecule has 0 saturated heterocycles. The molecule has 0 bridgehead atoms. The van der Waals surface area contributed by atoms with E-state index < -0.39 is 5.82 Å². The lowest BCUT2D eigenvalue weighted by molar-refractivity contribution is -0.120. The van der Waals surface area contributed by atoms with Gasteiger partial charge in [0.15, 0.2) is 0 Å². The SMILES string of the molecule is O=C(Cc1ccc(Br)cc1)N/N=C/c1c(F)cccc1Cl. The second-order valence-electron chi connectivity index (χ2n) is 4.23. The molecule has 1 amide bonds. The van der Waals surface area contributed by atoms with Gasteiger partial charge in [-0.05, 0) is 29.8 Å². The molecular weight excluding hydrogens is 359 g/mol. The second-order valence-corrected chi connectivity index (χ2v) is 5.55. The number of carbonyl (C=O) groups is 1. The number of nitrogens with one attached hydrogen (secondary N) is 1. The standard InChI is InChI=1S/C15H11BrClFN2O/c16-11-6-4-10(5-7-11)8-15(21)20-19-9-12-13(17)2-1-3-14(12)18/h1-7,9H,8H2,(H,20,21)/b19-9+. The van der Waals surface area contributed by atoms with Gasteiger partial charge in [-0.25, -0.2) is 9.82 Å². The van der Waals surface area contributed by atoms with Crippen LogP contribution in [0.1, 0.15) is 11.1 Å². The van der Waals surface area contributed by atoms with Gasteiger partial charge in [-0.3, -0.25) is 4.79 Å². The third kappa shape index (κ3) is 4.65. The van der Waals surface area contributed by atoms with E-state index in [2.05, 4.69) is 26.5 Å². The average molecular weight is 370 g/mol. The van der Waals surface area contributed by atoms with Gasteiger partial charge in [-0.2, -0.15) is 5.10 Å². The van der Waals surface area contributed by atoms with Crippen molar-refractivity contribution in [3.8, 4) is 0 Å². The second kappa shape index (κ2) is 7.33. The van der Waals surface area contributed by atoms with Gasteiger partial charge in [-0.1, -0.05) is 45.7 Å². The van der Waals surface area contributed by atoms with E-state index in [-0.39, 0.29) is 22.9 Å². The zero-order valence-electron chi connectivity index (χ0n) is 10.8. The Bertz CT molecular complexity index is 654. The van der Waals surface area contributed by atoms with Crippen molar-refractivity contribution in [2.75, 3.05) is 0 Å². The predicted octanol–water partition coefficient (Wildman–Crippen LogP) is 3.93. The lowest BCUT2D eigenvalue weighted by Crippen LogP contribution is -2.19. The Morgan fingerprint density at radius 1 is 1.29 bits per heavy atom. The molecule has 0 heterocycles. The number of hydrazone groups is 1. The van der Waals surface area contributed by atoms with E-state index in [0.29, 0.717) is 0 Å². The molecule has 0 saturated carbocycles. The zero-order valence-corrected chi connectivity index (χ0v) is 13.2. The minimum atomic E-state index is -0.492. The van der Waals surface area contributed by atoms with Crippen molar-refractivity contribution >= 4 is 39.7 Å². The summed E-state index contributed by atoms with van der Waals surface area (Å²) in [6.45, 7) is 0. The molecule has 0 aliphatic carbocycles. The van der Waals surface area contributed by atoms with Crippen molar-refractivity contribution in [1.82, 2.24) is 5.43 Å². The van der Waals surface area contributed by atoms with Crippen LogP contribution in [0.15, 0.2) is 52.0 Å². The van der Waals surface area contributed by atoms with Gasteiger partial charge in [0.2, 0.25) is 5.91 Å². The Morgan fingerprint density at radius 3 is 2.67 bits per heavy atom. The quantitative estimate of drug-likeness (QED) is 0.644. The van der Waals surface area contributed by atoms with Gasteiger partial charge in [0.25, 0.3) is 0 Å². The fraction of sp³-hybridized carbons (Fsp3) is 0.0667. The summed E-state index contributed by atoms with van der Waals surface area (Å²) in [6, 6.07) is 11.7. The Morgan fingerprint density at radius 2 is 2.00 bits per heavy atom. The van der Waals surface area contributed by atoms with Crippen LogP contribution < -0.4 is 5.43 Å². The maximum atomic E-state index is 13.5. The minimum absolute atomic E-state index is 0.142. The highest BCUT2D eigenvalue weighted by Gasteiger charge is 2.05. The lowest BCUT2D eigenvalue weighted by atomic mass is 10.1. The van der Waals surface area contributed by atoms with Crippen molar-refractivity contribution < 1.29 is 9.18 Å². The van der Waals surface area contributed by atoms with Crippen LogP contribution in [0.25, 0.3) is 0 Å². The van der Waals surface area contributed by atoms with Crippen molar-refractivity contribution in [2.24, 2.45) is 5.10 Å². The molecule has 21 heavy (non-hydrogen) atoms. The molecule has 0 fully saturated rings. The summed E-state index contributed by atoms with van der Waals surface area (Å²) in [4.78, 5) is 11.7. The highest BCUT2D eigenvalue weighted by molar-refractivity contribution is 9.10. The number of halogens is 3. The maximum absolute atomic E-state index is 13.5. The van der Waals surface area contributed by atoms with Gasteiger partial charge >= 0.3 is 0 Å². The molecular formula is C15H11BrClFN2O. The van der Waals surface area contributed by atoms with Gasteiger partial charge in [0, 0.05) is 10.0 Å². The van der Waals surface area contributed by atoms with Crippen LogP contribution >= 0.6 is 27.5 Å². The highest BCUT2D eigenvalue weighted by Crippen LogP contribution is 2.16. The molecule has 0 atom stereocenters. The fourth-order valence-electron chi connectivity index (χ4n) is 1.63. The summed E-state index contributed by atoms with van der Waals surface area (Å²) in [6.07, 6.45) is 1.38. The first-order valence-corrected chi connectivity index (χ1v) is 7.24. The smallest absolute Gasteiger partial charge is 0.244 e. The van der Waals surface area contributed by atoms with Crippen LogP contribution in [-0.2, 0) is 11.2 Å². The number of benzene rings is 2. The van der Waals surface area contributed by atoms with Gasteiger partial charge in [0.1, 0.15) is 5.82 Å². The van der Waals surface area contributed by atoms with Crippen LogP contribution in [0.2, 0.25) is 5.02 Å². The van der Waals surface area contributed by atoms with Crippen LogP contribution in [0.5, 0.6) is 0 Å². The average Bonchev–Trinajstić information content (AvgIpc) is 2.45. The summed E-state index contributed by atoms with van der Waals surface area (Å²) in [5, 5.41) is 3.96. The van der Waals surface area contributed by atoms with E-state index in [1.807, 2.05) is 24.3 Å². The molecule has 2 aromatic carbocycles. The molecule has 0 unspecified atom stereocenters. The topological polar surface area (TPSA) is 41.5 Å². The van der Waals surface area contributed by atoms with E-state index in [1.54, 1.807) is 6.07 Å². The number of hydrogen-bond acceptors (Lipinski definition) is 2. The first-order chi connectivity index (χ1) is 10.1. The molecule has 0 aromatic heterocycles. The van der Waals surface area contributed by atoms with E-state index in [0.717, 1.165) is 10.0 Å². The molecule has 0 spiro atoms. The largest absolute Gasteiger partial charge is 0.273 e. The first kappa shape index (κ1) is 15.7. The molecule has 2 aromatic rings. The molecule has 1 N–H and O–H groups in total. The molecule has 0 radical (unpaired) electrons. The van der Waals surface area contributed by atoms with E-state index in [4.69, 9.17) is 11.6 Å². The summed E-state index contributed by atoms with van der Waals surface area (Å²) < 4.78 is 14.4. The van der Waals surface area contributed by atoms with Crippen LogP contribution in [-0.4, -0.2) is 12.1 Å². The fourth-order valence-corrected chi connectivity index (χ4v) is 2.11. The maximum Gasteiger partial charge on any atom is 0.244 e. The zero-order chi connectivity index (χ0) is 15.2. The lowest BCUT2D eigenvalue weighted by Gasteiger charge is -2.02. The number of nitrogens with zero attached hydrogens (tertiary/aromatic N) is 1. The summed E-state index contributed by atoms with van der Waals surface area (Å²) in [7, 11) is 0. The number of carbonyl (C=O) groups excluding carboxylic acids is 1. The minimum Gasteiger partial charge on any atom is -0.273 e.